The molecule has 8 heteroatoms. The Kier molecular flexibility index (Phi) is 8.04. The average Bonchev–Trinajstić information content (AvgIpc) is 3.50. The molecule has 4 aromatic rings. The van der Waals surface area contributed by atoms with Crippen molar-refractivity contribution in [1.29, 1.82) is 0 Å². The topological polar surface area (TPSA) is 63.4 Å². The SMILES string of the molecule is CC1CSC(CNc2ncnc3oc(-c4ccc(OCCCN(C)C)cc4)c(-c4ccccc4)c23)S1. The highest BCUT2D eigenvalue weighted by molar-refractivity contribution is 8.20. The van der Waals surface area contributed by atoms with Gasteiger partial charge in [-0.1, -0.05) is 37.3 Å². The standard InChI is InChI=1S/C28H32N4O2S2/c1-19-17-35-23(36-19)16-29-27-25-24(20-8-5-4-6-9-20)26(34-28(25)31-18-30-27)21-10-12-22(13-11-21)33-15-7-14-32(2)3/h4-6,8-13,18-19,23H,7,14-17H2,1-3H3,(H,29,30,31). The van der Waals surface area contributed by atoms with Crippen molar-refractivity contribution in [2.45, 2.75) is 23.2 Å². The fraction of sp³-hybridized carbons (Fsp3) is 0.357. The summed E-state index contributed by atoms with van der Waals surface area (Å²) in [4.78, 5) is 11.3. The highest BCUT2D eigenvalue weighted by Crippen LogP contribution is 2.43. The maximum atomic E-state index is 6.39. The number of hydrogen-bond donors (Lipinski definition) is 1. The van der Waals surface area contributed by atoms with Gasteiger partial charge in [-0.05, 0) is 50.3 Å². The number of nitrogens with zero attached hydrogens (tertiary/aromatic N) is 3. The first kappa shape index (κ1) is 25.0. The summed E-state index contributed by atoms with van der Waals surface area (Å²) >= 11 is 4.03. The Balaban J connectivity index is 1.46. The molecule has 0 bridgehead atoms. The van der Waals surface area contributed by atoms with Crippen LogP contribution < -0.4 is 10.1 Å². The second kappa shape index (κ2) is 11.6. The van der Waals surface area contributed by atoms with E-state index in [0.29, 0.717) is 22.2 Å². The molecular formula is C28H32N4O2S2. The maximum Gasteiger partial charge on any atom is 0.232 e. The number of thioether (sulfide) groups is 2. The zero-order valence-electron chi connectivity index (χ0n) is 20.9. The van der Waals surface area contributed by atoms with Crippen LogP contribution in [-0.4, -0.2) is 64.2 Å². The molecule has 2 aromatic heterocycles. The highest BCUT2D eigenvalue weighted by Gasteiger charge is 2.25. The largest absolute Gasteiger partial charge is 0.494 e. The van der Waals surface area contributed by atoms with Crippen LogP contribution >= 0.6 is 23.5 Å². The van der Waals surface area contributed by atoms with Crippen molar-refractivity contribution in [3.8, 4) is 28.2 Å². The molecule has 6 nitrogen and oxygen atoms in total. The smallest absolute Gasteiger partial charge is 0.232 e. The number of benzene rings is 2. The van der Waals surface area contributed by atoms with Crippen LogP contribution in [0.1, 0.15) is 13.3 Å². The molecule has 1 saturated heterocycles. The van der Waals surface area contributed by atoms with Gasteiger partial charge in [0.1, 0.15) is 23.7 Å². The monoisotopic (exact) mass is 520 g/mol. The van der Waals surface area contributed by atoms with Crippen molar-refractivity contribution >= 4 is 40.4 Å². The molecule has 188 valence electrons. The summed E-state index contributed by atoms with van der Waals surface area (Å²) in [6, 6.07) is 18.5. The minimum Gasteiger partial charge on any atom is -0.494 e. The maximum absolute atomic E-state index is 6.39. The van der Waals surface area contributed by atoms with Crippen LogP contribution in [0, 0.1) is 0 Å². The number of rotatable bonds is 10. The van der Waals surface area contributed by atoms with Gasteiger partial charge in [-0.25, -0.2) is 9.97 Å². The normalized spacial score (nSPS) is 17.7. The highest BCUT2D eigenvalue weighted by atomic mass is 32.2. The van der Waals surface area contributed by atoms with Gasteiger partial charge in [-0.3, -0.25) is 0 Å². The number of furan rings is 1. The van der Waals surface area contributed by atoms with Crippen LogP contribution in [0.3, 0.4) is 0 Å². The van der Waals surface area contributed by atoms with E-state index in [1.165, 1.54) is 5.75 Å². The predicted octanol–water partition coefficient (Wildman–Crippen LogP) is 6.49. The lowest BCUT2D eigenvalue weighted by molar-refractivity contribution is 0.281. The molecule has 0 aliphatic carbocycles. The molecular weight excluding hydrogens is 488 g/mol. The van der Waals surface area contributed by atoms with Crippen molar-refractivity contribution in [3.05, 3.63) is 60.9 Å². The molecule has 36 heavy (non-hydrogen) atoms. The Bertz CT molecular complexity index is 1280. The van der Waals surface area contributed by atoms with Crippen molar-refractivity contribution in [2.75, 3.05) is 44.9 Å². The third-order valence-electron chi connectivity index (χ3n) is 6.02. The Labute approximate surface area is 221 Å². The molecule has 1 aliphatic heterocycles. The van der Waals surface area contributed by atoms with Gasteiger partial charge < -0.3 is 19.4 Å². The number of anilines is 1. The van der Waals surface area contributed by atoms with E-state index in [1.807, 2.05) is 53.9 Å². The van der Waals surface area contributed by atoms with E-state index in [1.54, 1.807) is 6.33 Å². The molecule has 0 saturated carbocycles. The second-order valence-corrected chi connectivity index (χ2v) is 12.4. The first-order valence-corrected chi connectivity index (χ1v) is 14.3. The van der Waals surface area contributed by atoms with Crippen molar-refractivity contribution in [2.24, 2.45) is 0 Å². The molecule has 0 spiro atoms. The lowest BCUT2D eigenvalue weighted by Crippen LogP contribution is -2.15. The number of nitrogens with one attached hydrogen (secondary N) is 1. The summed E-state index contributed by atoms with van der Waals surface area (Å²) in [7, 11) is 4.15. The van der Waals surface area contributed by atoms with Crippen molar-refractivity contribution < 1.29 is 9.15 Å². The quantitative estimate of drug-likeness (QED) is 0.238. The molecule has 2 unspecified atom stereocenters. The van der Waals surface area contributed by atoms with Crippen LogP contribution in [-0.2, 0) is 0 Å². The number of hydrogen-bond acceptors (Lipinski definition) is 8. The minimum atomic E-state index is 0.516. The summed E-state index contributed by atoms with van der Waals surface area (Å²) in [6.45, 7) is 4.83. The zero-order valence-corrected chi connectivity index (χ0v) is 22.6. The van der Waals surface area contributed by atoms with E-state index in [-0.39, 0.29) is 0 Å². The van der Waals surface area contributed by atoms with Gasteiger partial charge >= 0.3 is 0 Å². The first-order chi connectivity index (χ1) is 17.6. The Morgan fingerprint density at radius 2 is 1.86 bits per heavy atom. The second-order valence-electron chi connectivity index (χ2n) is 9.19. The molecule has 5 rings (SSSR count). The number of fused-ring (bicyclic) bond motifs is 1. The van der Waals surface area contributed by atoms with Crippen LogP contribution in [0.25, 0.3) is 33.6 Å². The van der Waals surface area contributed by atoms with Crippen LogP contribution in [0.15, 0.2) is 65.3 Å². The third-order valence-corrected chi connectivity index (χ3v) is 9.31. The Morgan fingerprint density at radius 3 is 2.58 bits per heavy atom. The van der Waals surface area contributed by atoms with E-state index >= 15 is 0 Å². The van der Waals surface area contributed by atoms with Crippen LogP contribution in [0.2, 0.25) is 0 Å². The molecule has 0 radical (unpaired) electrons. The van der Waals surface area contributed by atoms with E-state index in [0.717, 1.165) is 58.9 Å². The van der Waals surface area contributed by atoms with Gasteiger partial charge in [0.2, 0.25) is 5.71 Å². The number of aromatic nitrogens is 2. The van der Waals surface area contributed by atoms with Gasteiger partial charge in [-0.2, -0.15) is 0 Å². The molecule has 2 aromatic carbocycles. The fourth-order valence-corrected chi connectivity index (χ4v) is 7.35. The van der Waals surface area contributed by atoms with Crippen molar-refractivity contribution in [3.63, 3.8) is 0 Å². The summed E-state index contributed by atoms with van der Waals surface area (Å²) in [6.07, 6.45) is 2.57. The van der Waals surface area contributed by atoms with Gasteiger partial charge in [0, 0.05) is 35.2 Å². The van der Waals surface area contributed by atoms with Gasteiger partial charge in [0.15, 0.2) is 0 Å². The molecule has 1 aliphatic rings. The molecule has 1 fully saturated rings. The summed E-state index contributed by atoms with van der Waals surface area (Å²) in [5.41, 5.74) is 3.65. The van der Waals surface area contributed by atoms with E-state index in [2.05, 4.69) is 65.5 Å². The minimum absolute atomic E-state index is 0.516. The predicted molar refractivity (Wildman–Crippen MR) is 153 cm³/mol. The summed E-state index contributed by atoms with van der Waals surface area (Å²) < 4.78 is 12.8. The summed E-state index contributed by atoms with van der Waals surface area (Å²) in [5.74, 6) is 3.65. The molecule has 2 atom stereocenters. The lowest BCUT2D eigenvalue weighted by atomic mass is 9.99. The number of ether oxygens (including phenoxy) is 1. The third kappa shape index (κ3) is 5.82. The van der Waals surface area contributed by atoms with E-state index in [4.69, 9.17) is 9.15 Å². The van der Waals surface area contributed by atoms with Crippen molar-refractivity contribution in [1.82, 2.24) is 14.9 Å². The van der Waals surface area contributed by atoms with Crippen LogP contribution in [0.5, 0.6) is 5.75 Å². The lowest BCUT2D eigenvalue weighted by Gasteiger charge is -2.12. The van der Waals surface area contributed by atoms with E-state index in [9.17, 15) is 0 Å². The van der Waals surface area contributed by atoms with Gasteiger partial charge in [0.05, 0.1) is 16.6 Å². The van der Waals surface area contributed by atoms with Gasteiger partial charge in [0.25, 0.3) is 0 Å². The first-order valence-electron chi connectivity index (χ1n) is 12.3. The molecule has 1 N–H and O–H groups in total. The molecule has 3 heterocycles. The zero-order chi connectivity index (χ0) is 24.9. The summed E-state index contributed by atoms with van der Waals surface area (Å²) in [5, 5.41) is 5.20. The van der Waals surface area contributed by atoms with Crippen LogP contribution in [0.4, 0.5) is 5.82 Å². The Hall–Kier alpha value is -2.68. The van der Waals surface area contributed by atoms with Gasteiger partial charge in [-0.15, -0.1) is 23.5 Å². The molecule has 0 amide bonds. The Morgan fingerprint density at radius 1 is 1.06 bits per heavy atom. The van der Waals surface area contributed by atoms with E-state index < -0.39 is 0 Å². The fourth-order valence-electron chi connectivity index (χ4n) is 4.29. The average molecular weight is 521 g/mol.